The van der Waals surface area contributed by atoms with E-state index in [1.54, 1.807) is 37.4 Å². The smallest absolute Gasteiger partial charge is 0.281 e. The number of ether oxygens (including phenoxy) is 2. The third kappa shape index (κ3) is 6.80. The molecule has 0 spiro atoms. The van der Waals surface area contributed by atoms with Gasteiger partial charge in [-0.15, -0.1) is 11.3 Å². The maximum Gasteiger partial charge on any atom is 0.281 e. The van der Waals surface area contributed by atoms with Gasteiger partial charge in [0.25, 0.3) is 11.8 Å². The number of carbonyl (C=O) groups is 3. The number of nitrogens with zero attached hydrogens (tertiary/aromatic N) is 2. The molecule has 0 radical (unpaired) electrons. The first-order chi connectivity index (χ1) is 18.7. The van der Waals surface area contributed by atoms with Crippen LogP contribution in [-0.2, 0) is 4.79 Å². The lowest BCUT2D eigenvalue weighted by Gasteiger charge is -2.34. The molecule has 4 rings (SSSR count). The summed E-state index contributed by atoms with van der Waals surface area (Å²) in [5.74, 6) is -0.269. The van der Waals surface area contributed by atoms with Crippen molar-refractivity contribution in [3.05, 3.63) is 51.9 Å². The Morgan fingerprint density at radius 1 is 1.03 bits per heavy atom. The molecular formula is C27H32ClN5O5S. The number of hydrazine groups is 1. The minimum Gasteiger partial charge on any atom is -0.497 e. The van der Waals surface area contributed by atoms with Gasteiger partial charge in [0.1, 0.15) is 16.4 Å². The molecule has 3 amide bonds. The van der Waals surface area contributed by atoms with Crippen LogP contribution >= 0.6 is 22.9 Å². The van der Waals surface area contributed by atoms with Crippen LogP contribution < -0.4 is 25.6 Å². The zero-order valence-electron chi connectivity index (χ0n) is 22.3. The van der Waals surface area contributed by atoms with E-state index in [2.05, 4.69) is 40.1 Å². The summed E-state index contributed by atoms with van der Waals surface area (Å²) in [6.45, 7) is 2.00. The van der Waals surface area contributed by atoms with Crippen LogP contribution in [-0.4, -0.2) is 81.5 Å². The molecule has 1 aliphatic heterocycles. The molecule has 10 nitrogen and oxygen atoms in total. The molecule has 1 saturated heterocycles. The van der Waals surface area contributed by atoms with Crippen LogP contribution in [0.15, 0.2) is 36.4 Å². The van der Waals surface area contributed by atoms with Crippen LogP contribution in [0.2, 0.25) is 5.02 Å². The first-order valence-corrected chi connectivity index (χ1v) is 13.6. The van der Waals surface area contributed by atoms with Gasteiger partial charge in [-0.1, -0.05) is 11.6 Å². The quantitative estimate of drug-likeness (QED) is 0.353. The van der Waals surface area contributed by atoms with Crippen LogP contribution in [0.5, 0.6) is 11.5 Å². The number of likely N-dealkylation sites (tertiary alicyclic amines) is 1. The Morgan fingerprint density at radius 3 is 2.41 bits per heavy atom. The van der Waals surface area contributed by atoms with E-state index < -0.39 is 11.8 Å². The number of hydrogen-bond donors (Lipinski definition) is 3. The lowest BCUT2D eigenvalue weighted by molar-refractivity contribution is -0.117. The summed E-state index contributed by atoms with van der Waals surface area (Å²) in [5, 5.41) is 3.89. The van der Waals surface area contributed by atoms with E-state index in [0.29, 0.717) is 28.3 Å². The highest BCUT2D eigenvalue weighted by Crippen LogP contribution is 2.37. The van der Waals surface area contributed by atoms with Crippen molar-refractivity contribution < 1.29 is 23.9 Å². The normalized spacial score (nSPS) is 14.3. The number of anilines is 1. The minimum atomic E-state index is -0.554. The second-order valence-corrected chi connectivity index (χ2v) is 10.9. The highest BCUT2D eigenvalue weighted by Gasteiger charge is 2.23. The molecule has 2 aromatic carbocycles. The number of amides is 3. The molecule has 0 atom stereocenters. The molecule has 208 valence electrons. The molecule has 12 heteroatoms. The molecule has 1 fully saturated rings. The average molecular weight is 574 g/mol. The zero-order valence-corrected chi connectivity index (χ0v) is 23.9. The summed E-state index contributed by atoms with van der Waals surface area (Å²) in [4.78, 5) is 42.7. The Balaban J connectivity index is 1.34. The van der Waals surface area contributed by atoms with Crippen LogP contribution in [0.25, 0.3) is 10.1 Å². The van der Waals surface area contributed by atoms with Gasteiger partial charge in [0.15, 0.2) is 0 Å². The number of rotatable bonds is 8. The molecule has 0 saturated carbocycles. The molecule has 2 heterocycles. The fraction of sp³-hybridized carbons (Fsp3) is 0.370. The Morgan fingerprint density at radius 2 is 1.74 bits per heavy atom. The zero-order chi connectivity index (χ0) is 28.1. The minimum absolute atomic E-state index is 0.154. The molecule has 0 bridgehead atoms. The van der Waals surface area contributed by atoms with E-state index in [0.717, 1.165) is 36.0 Å². The maximum atomic E-state index is 12.7. The van der Waals surface area contributed by atoms with Gasteiger partial charge in [-0.2, -0.15) is 0 Å². The lowest BCUT2D eigenvalue weighted by atomic mass is 10.0. The maximum absolute atomic E-state index is 12.7. The molecule has 0 aliphatic carbocycles. The summed E-state index contributed by atoms with van der Waals surface area (Å²) in [7, 11) is 7.18. The monoisotopic (exact) mass is 573 g/mol. The number of fused-ring (bicyclic) bond motifs is 1. The third-order valence-electron chi connectivity index (χ3n) is 6.72. The lowest BCUT2D eigenvalue weighted by Crippen LogP contribution is -2.44. The SMILES string of the molecule is COc1ccc2c(Cl)c(C(=O)NNC(=O)c3ccc(NC(=O)CN4CCC(N(C)C)CC4)c(OC)c3)sc2c1. The molecule has 1 aliphatic rings. The molecule has 3 aromatic rings. The molecule has 39 heavy (non-hydrogen) atoms. The Kier molecular flexibility index (Phi) is 9.28. The van der Waals surface area contributed by atoms with Gasteiger partial charge in [-0.25, -0.2) is 0 Å². The van der Waals surface area contributed by atoms with Crippen LogP contribution in [0.1, 0.15) is 32.9 Å². The summed E-state index contributed by atoms with van der Waals surface area (Å²) < 4.78 is 11.4. The van der Waals surface area contributed by atoms with Crippen LogP contribution in [0.4, 0.5) is 5.69 Å². The van der Waals surface area contributed by atoms with E-state index in [-0.39, 0.29) is 22.9 Å². The van der Waals surface area contributed by atoms with Crippen molar-refractivity contribution in [2.45, 2.75) is 18.9 Å². The fourth-order valence-electron chi connectivity index (χ4n) is 4.48. The van der Waals surface area contributed by atoms with Crippen molar-refractivity contribution in [1.82, 2.24) is 20.7 Å². The Labute approximate surface area is 236 Å². The molecule has 0 unspecified atom stereocenters. The molecular weight excluding hydrogens is 542 g/mol. The average Bonchev–Trinajstić information content (AvgIpc) is 3.27. The Hall–Kier alpha value is -3.38. The Bertz CT molecular complexity index is 1370. The van der Waals surface area contributed by atoms with Gasteiger partial charge >= 0.3 is 0 Å². The number of carbonyl (C=O) groups excluding carboxylic acids is 3. The standard InChI is InChI=1S/C27H32ClN5O5S/c1-32(2)17-9-11-33(12-10-17)15-23(34)29-20-8-5-16(13-21(20)38-4)26(35)30-31-27(36)25-24(28)19-7-6-18(37-3)14-22(19)39-25/h5-8,13-14,17H,9-12,15H2,1-4H3,(H,29,34)(H,30,35)(H,31,36). The first kappa shape index (κ1) is 28.6. The van der Waals surface area contributed by atoms with Crippen molar-refractivity contribution >= 4 is 56.4 Å². The van der Waals surface area contributed by atoms with Gasteiger partial charge in [-0.05, 0) is 63.3 Å². The highest BCUT2D eigenvalue weighted by molar-refractivity contribution is 7.21. The highest BCUT2D eigenvalue weighted by atomic mass is 35.5. The van der Waals surface area contributed by atoms with E-state index in [1.807, 2.05) is 0 Å². The van der Waals surface area contributed by atoms with Crippen molar-refractivity contribution in [2.24, 2.45) is 0 Å². The summed E-state index contributed by atoms with van der Waals surface area (Å²) >= 11 is 7.59. The molecule has 3 N–H and O–H groups in total. The van der Waals surface area contributed by atoms with E-state index in [4.69, 9.17) is 21.1 Å². The van der Waals surface area contributed by atoms with Gasteiger partial charge < -0.3 is 19.7 Å². The first-order valence-electron chi connectivity index (χ1n) is 12.4. The number of benzene rings is 2. The van der Waals surface area contributed by atoms with Crippen molar-refractivity contribution in [3.8, 4) is 11.5 Å². The summed E-state index contributed by atoms with van der Waals surface area (Å²) in [6, 6.07) is 10.5. The number of piperidine rings is 1. The van der Waals surface area contributed by atoms with Crippen molar-refractivity contribution in [3.63, 3.8) is 0 Å². The van der Waals surface area contributed by atoms with Gasteiger partial charge in [0.2, 0.25) is 5.91 Å². The number of halogens is 1. The molecule has 1 aromatic heterocycles. The van der Waals surface area contributed by atoms with Crippen LogP contribution in [0.3, 0.4) is 0 Å². The topological polar surface area (TPSA) is 112 Å². The van der Waals surface area contributed by atoms with Crippen LogP contribution in [0, 0.1) is 0 Å². The van der Waals surface area contributed by atoms with E-state index in [9.17, 15) is 14.4 Å². The third-order valence-corrected chi connectivity index (χ3v) is 8.38. The second kappa shape index (κ2) is 12.6. The van der Waals surface area contributed by atoms with E-state index >= 15 is 0 Å². The van der Waals surface area contributed by atoms with Gasteiger partial charge in [0.05, 0.1) is 31.5 Å². The predicted octanol–water partition coefficient (Wildman–Crippen LogP) is 3.61. The number of nitrogens with one attached hydrogen (secondary N) is 3. The number of methoxy groups -OCH3 is 2. The largest absolute Gasteiger partial charge is 0.497 e. The number of hydrogen-bond acceptors (Lipinski definition) is 8. The summed E-state index contributed by atoms with van der Waals surface area (Å²) in [5.41, 5.74) is 5.50. The van der Waals surface area contributed by atoms with Crippen molar-refractivity contribution in [2.75, 3.05) is 53.3 Å². The van der Waals surface area contributed by atoms with Gasteiger partial charge in [0, 0.05) is 34.8 Å². The van der Waals surface area contributed by atoms with Crippen molar-refractivity contribution in [1.29, 1.82) is 0 Å². The van der Waals surface area contributed by atoms with Gasteiger partial charge in [-0.3, -0.25) is 30.1 Å². The second-order valence-electron chi connectivity index (χ2n) is 9.45. The van der Waals surface area contributed by atoms with E-state index in [1.165, 1.54) is 24.5 Å². The predicted molar refractivity (Wildman–Crippen MR) is 153 cm³/mol. The summed E-state index contributed by atoms with van der Waals surface area (Å²) in [6.07, 6.45) is 2.04. The number of thiophene rings is 1. The fourth-order valence-corrected chi connectivity index (χ4v) is 5.92.